The molecule has 0 aromatic heterocycles. The van der Waals surface area contributed by atoms with Crippen molar-refractivity contribution in [2.24, 2.45) is 5.92 Å². The molecule has 1 atom stereocenters. The molecule has 8 nitrogen and oxygen atoms in total. The van der Waals surface area contributed by atoms with Crippen LogP contribution in [-0.2, 0) is 18.9 Å². The number of unbranched alkanes of at least 4 members (excludes halogenated alkanes) is 7. The van der Waals surface area contributed by atoms with Gasteiger partial charge in [-0.3, -0.25) is 14.2 Å². The van der Waals surface area contributed by atoms with Gasteiger partial charge in [-0.25, -0.2) is 0 Å². The Bertz CT molecular complexity index is 705. The van der Waals surface area contributed by atoms with E-state index in [0.717, 1.165) is 57.0 Å². The summed E-state index contributed by atoms with van der Waals surface area (Å²) in [6.07, 6.45) is 8.41. The normalized spacial score (nSPS) is 12.2. The Hall–Kier alpha value is -1.89. The largest absolute Gasteiger partial charge is 0.493 e. The Morgan fingerprint density at radius 3 is 2.12 bits per heavy atom. The average molecular weight is 472 g/mol. The van der Waals surface area contributed by atoms with Gasteiger partial charge in [0.25, 0.3) is 0 Å². The molecule has 2 N–H and O–H groups in total. The fraction of sp³-hybridized carbons (Fsp3) is 0.652. The van der Waals surface area contributed by atoms with Crippen LogP contribution in [0, 0.1) is 5.92 Å². The zero-order valence-corrected chi connectivity index (χ0v) is 20.2. The zero-order valence-electron chi connectivity index (χ0n) is 19.3. The summed E-state index contributed by atoms with van der Waals surface area (Å²) in [6.45, 7) is 4.75. The molecule has 1 unspecified atom stereocenters. The molecular weight excluding hydrogens is 433 g/mol. The summed E-state index contributed by atoms with van der Waals surface area (Å²) < 4.78 is 21.4. The molecule has 0 radical (unpaired) electrons. The number of hydrogen-bond donors (Lipinski definition) is 2. The van der Waals surface area contributed by atoms with Crippen molar-refractivity contribution in [2.45, 2.75) is 65.2 Å². The van der Waals surface area contributed by atoms with E-state index in [2.05, 4.69) is 0 Å². The lowest BCUT2D eigenvalue weighted by Gasteiger charge is -2.18. The number of rotatable bonds is 18. The summed E-state index contributed by atoms with van der Waals surface area (Å²) in [5.41, 5.74) is 0.802. The van der Waals surface area contributed by atoms with Crippen LogP contribution in [-0.4, -0.2) is 48.1 Å². The number of carbonyl (C=O) groups is 2. The van der Waals surface area contributed by atoms with Gasteiger partial charge in [0.1, 0.15) is 12.4 Å². The third-order valence-electron chi connectivity index (χ3n) is 5.08. The molecule has 32 heavy (non-hydrogen) atoms. The third-order valence-corrected chi connectivity index (χ3v) is 5.98. The standard InChI is InChI=1S/C23H38NO7P/c1-3-30-23(26)20(2)18-31-22-14-12-21(13-15-22)24(19-25)16-10-8-6-4-5-7-9-11-17-32(27,28)29/h12-15,19-20H,3-11,16-18H2,1-2H3,(H2,27,28,29). The number of amides is 1. The van der Waals surface area contributed by atoms with Crippen LogP contribution in [0.1, 0.15) is 65.2 Å². The number of nitrogens with zero attached hydrogens (tertiary/aromatic N) is 1. The highest BCUT2D eigenvalue weighted by Gasteiger charge is 2.15. The van der Waals surface area contributed by atoms with E-state index in [4.69, 9.17) is 19.3 Å². The maximum atomic E-state index is 11.6. The van der Waals surface area contributed by atoms with Gasteiger partial charge in [0.15, 0.2) is 0 Å². The third kappa shape index (κ3) is 12.8. The van der Waals surface area contributed by atoms with Gasteiger partial charge < -0.3 is 24.2 Å². The summed E-state index contributed by atoms with van der Waals surface area (Å²) in [4.78, 5) is 42.4. The van der Waals surface area contributed by atoms with Crippen molar-refractivity contribution in [1.29, 1.82) is 0 Å². The van der Waals surface area contributed by atoms with Crippen molar-refractivity contribution in [1.82, 2.24) is 0 Å². The molecule has 1 rings (SSSR count). The first-order valence-corrected chi connectivity index (χ1v) is 13.2. The summed E-state index contributed by atoms with van der Waals surface area (Å²) in [5, 5.41) is 0. The van der Waals surface area contributed by atoms with Crippen molar-refractivity contribution in [2.75, 3.05) is 30.8 Å². The van der Waals surface area contributed by atoms with Crippen molar-refractivity contribution in [3.63, 3.8) is 0 Å². The first-order valence-electron chi connectivity index (χ1n) is 11.4. The van der Waals surface area contributed by atoms with E-state index in [1.165, 1.54) is 0 Å². The predicted molar refractivity (Wildman–Crippen MR) is 125 cm³/mol. The van der Waals surface area contributed by atoms with Crippen LogP contribution in [0.3, 0.4) is 0 Å². The predicted octanol–water partition coefficient (Wildman–Crippen LogP) is 4.53. The van der Waals surface area contributed by atoms with Gasteiger partial charge in [0.05, 0.1) is 12.5 Å². The van der Waals surface area contributed by atoms with Crippen LogP contribution in [0.5, 0.6) is 5.75 Å². The number of esters is 1. The van der Waals surface area contributed by atoms with Crippen LogP contribution in [0.2, 0.25) is 0 Å². The van der Waals surface area contributed by atoms with E-state index >= 15 is 0 Å². The van der Waals surface area contributed by atoms with Crippen molar-refractivity contribution in [3.8, 4) is 5.75 Å². The molecule has 0 fully saturated rings. The monoisotopic (exact) mass is 471 g/mol. The number of hydrogen-bond acceptors (Lipinski definition) is 5. The Balaban J connectivity index is 2.22. The molecular formula is C23H38NO7P. The van der Waals surface area contributed by atoms with E-state index in [9.17, 15) is 14.2 Å². The molecule has 0 saturated heterocycles. The van der Waals surface area contributed by atoms with Gasteiger partial charge in [-0.1, -0.05) is 38.5 Å². The lowest BCUT2D eigenvalue weighted by molar-refractivity contribution is -0.148. The first kappa shape index (κ1) is 28.1. The molecule has 0 heterocycles. The molecule has 0 spiro atoms. The summed E-state index contributed by atoms with van der Waals surface area (Å²) in [5.74, 6) is 0.00788. The molecule has 0 aliphatic carbocycles. The smallest absolute Gasteiger partial charge is 0.325 e. The zero-order chi connectivity index (χ0) is 23.8. The van der Waals surface area contributed by atoms with Gasteiger partial charge in [0.2, 0.25) is 6.41 Å². The summed E-state index contributed by atoms with van der Waals surface area (Å²) in [7, 11) is -3.85. The van der Waals surface area contributed by atoms with Crippen LogP contribution >= 0.6 is 7.60 Å². The lowest BCUT2D eigenvalue weighted by atomic mass is 10.1. The first-order chi connectivity index (χ1) is 15.3. The number of ether oxygens (including phenoxy) is 2. The second-order valence-corrected chi connectivity index (χ2v) is 9.75. The molecule has 1 aromatic rings. The SMILES string of the molecule is CCOC(=O)C(C)COc1ccc(N(C=O)CCCCCCCCCCP(=O)(O)O)cc1. The van der Waals surface area contributed by atoms with Gasteiger partial charge in [0, 0.05) is 18.4 Å². The quantitative estimate of drug-likeness (QED) is 0.140. The highest BCUT2D eigenvalue weighted by molar-refractivity contribution is 7.51. The van der Waals surface area contributed by atoms with Gasteiger partial charge >= 0.3 is 13.6 Å². The van der Waals surface area contributed by atoms with Crippen LogP contribution < -0.4 is 9.64 Å². The topological polar surface area (TPSA) is 113 Å². The van der Waals surface area contributed by atoms with Crippen LogP contribution in [0.25, 0.3) is 0 Å². The Morgan fingerprint density at radius 1 is 1.03 bits per heavy atom. The molecule has 0 bridgehead atoms. The fourth-order valence-electron chi connectivity index (χ4n) is 3.21. The lowest BCUT2D eigenvalue weighted by Crippen LogP contribution is -2.22. The summed E-state index contributed by atoms with van der Waals surface area (Å²) in [6, 6.07) is 7.24. The Kier molecular flexibility index (Phi) is 13.9. The Labute approximate surface area is 191 Å². The van der Waals surface area contributed by atoms with Crippen LogP contribution in [0.15, 0.2) is 24.3 Å². The highest BCUT2D eigenvalue weighted by atomic mass is 31.2. The van der Waals surface area contributed by atoms with Crippen molar-refractivity contribution < 1.29 is 33.4 Å². The number of carbonyl (C=O) groups excluding carboxylic acids is 2. The fourth-order valence-corrected chi connectivity index (χ4v) is 3.85. The second-order valence-electron chi connectivity index (χ2n) is 7.97. The molecule has 182 valence electrons. The van der Waals surface area contributed by atoms with Gasteiger partial charge in [-0.15, -0.1) is 0 Å². The number of anilines is 1. The average Bonchev–Trinajstić information content (AvgIpc) is 2.76. The van der Waals surface area contributed by atoms with Gasteiger partial charge in [-0.05, 0) is 51.0 Å². The summed E-state index contributed by atoms with van der Waals surface area (Å²) >= 11 is 0. The molecule has 1 aromatic carbocycles. The van der Waals surface area contributed by atoms with Crippen LogP contribution in [0.4, 0.5) is 5.69 Å². The highest BCUT2D eigenvalue weighted by Crippen LogP contribution is 2.35. The molecule has 0 saturated carbocycles. The van der Waals surface area contributed by atoms with E-state index in [0.29, 0.717) is 25.3 Å². The molecule has 0 aliphatic rings. The Morgan fingerprint density at radius 2 is 1.59 bits per heavy atom. The maximum Gasteiger partial charge on any atom is 0.325 e. The van der Waals surface area contributed by atoms with Gasteiger partial charge in [-0.2, -0.15) is 0 Å². The van der Waals surface area contributed by atoms with E-state index in [1.807, 2.05) is 12.1 Å². The van der Waals surface area contributed by atoms with E-state index in [1.54, 1.807) is 30.9 Å². The van der Waals surface area contributed by atoms with Crippen molar-refractivity contribution in [3.05, 3.63) is 24.3 Å². The minimum atomic E-state index is -3.85. The minimum Gasteiger partial charge on any atom is -0.493 e. The number of benzene rings is 1. The minimum absolute atomic E-state index is 0.0195. The second kappa shape index (κ2) is 15.8. The molecule has 9 heteroatoms. The maximum absolute atomic E-state index is 11.6. The van der Waals surface area contributed by atoms with E-state index < -0.39 is 7.60 Å². The van der Waals surface area contributed by atoms with E-state index in [-0.39, 0.29) is 24.7 Å². The molecule has 1 amide bonds. The van der Waals surface area contributed by atoms with Crippen molar-refractivity contribution >= 4 is 25.7 Å². The molecule has 0 aliphatic heterocycles.